The lowest BCUT2D eigenvalue weighted by atomic mass is 9.99. The number of hydrogen-bond acceptors (Lipinski definition) is 1. The third-order valence-electron chi connectivity index (χ3n) is 3.74. The molecule has 0 bridgehead atoms. The van der Waals surface area contributed by atoms with Crippen LogP contribution in [0.5, 0.6) is 0 Å². The van der Waals surface area contributed by atoms with Gasteiger partial charge >= 0.3 is 0 Å². The lowest BCUT2D eigenvalue weighted by Gasteiger charge is -2.13. The van der Waals surface area contributed by atoms with Gasteiger partial charge in [-0.1, -0.05) is 58.4 Å². The van der Waals surface area contributed by atoms with E-state index in [9.17, 15) is 5.11 Å². The zero-order valence-corrected chi connectivity index (χ0v) is 12.3. The van der Waals surface area contributed by atoms with Crippen LogP contribution in [0.25, 0.3) is 0 Å². The summed E-state index contributed by atoms with van der Waals surface area (Å²) in [5.74, 6) is 0.773. The van der Waals surface area contributed by atoms with Gasteiger partial charge in [0.1, 0.15) is 0 Å². The van der Waals surface area contributed by atoms with Gasteiger partial charge in [0.25, 0.3) is 0 Å². The molecule has 1 nitrogen and oxygen atoms in total. The Bertz CT molecular complexity index is 558. The molecular weight excluding hydrogens is 300 g/mol. The molecule has 0 aliphatic heterocycles. The van der Waals surface area contributed by atoms with Gasteiger partial charge in [-0.05, 0) is 41.5 Å². The molecule has 2 heteroatoms. The monoisotopic (exact) mass is 316 g/mol. The summed E-state index contributed by atoms with van der Waals surface area (Å²) >= 11 is 3.53. The van der Waals surface area contributed by atoms with E-state index in [4.69, 9.17) is 0 Å². The van der Waals surface area contributed by atoms with Gasteiger partial charge in [-0.25, -0.2) is 0 Å². The van der Waals surface area contributed by atoms with E-state index in [1.54, 1.807) is 0 Å². The standard InChI is InChI=1S/C17H17BrO/c18-16-4-2-1-3-15(16)11-17(19)14-9-7-13(8-10-14)12-5-6-12/h1-4,7-10,12,17,19H,5-6,11H2. The van der Waals surface area contributed by atoms with E-state index < -0.39 is 6.10 Å². The first kappa shape index (κ1) is 12.9. The van der Waals surface area contributed by atoms with Crippen molar-refractivity contribution < 1.29 is 5.11 Å². The molecule has 1 unspecified atom stereocenters. The Hall–Kier alpha value is -1.12. The third-order valence-corrected chi connectivity index (χ3v) is 4.51. The van der Waals surface area contributed by atoms with Crippen LogP contribution in [0.3, 0.4) is 0 Å². The molecule has 0 saturated heterocycles. The molecular formula is C17H17BrO. The van der Waals surface area contributed by atoms with Crippen molar-refractivity contribution in [1.29, 1.82) is 0 Å². The second kappa shape index (κ2) is 5.48. The topological polar surface area (TPSA) is 20.2 Å². The van der Waals surface area contributed by atoms with Crippen LogP contribution in [0.1, 0.15) is 41.6 Å². The molecule has 19 heavy (non-hydrogen) atoms. The van der Waals surface area contributed by atoms with Crippen molar-refractivity contribution in [3.8, 4) is 0 Å². The summed E-state index contributed by atoms with van der Waals surface area (Å²) in [6.07, 6.45) is 2.84. The van der Waals surface area contributed by atoms with Gasteiger partial charge in [0, 0.05) is 10.9 Å². The van der Waals surface area contributed by atoms with Crippen LogP contribution in [0.15, 0.2) is 53.0 Å². The largest absolute Gasteiger partial charge is 0.388 e. The maximum atomic E-state index is 10.3. The van der Waals surface area contributed by atoms with Gasteiger partial charge in [-0.2, -0.15) is 0 Å². The summed E-state index contributed by atoms with van der Waals surface area (Å²) in [4.78, 5) is 0. The second-order valence-electron chi connectivity index (χ2n) is 5.25. The van der Waals surface area contributed by atoms with Crippen molar-refractivity contribution in [1.82, 2.24) is 0 Å². The summed E-state index contributed by atoms with van der Waals surface area (Å²) in [5, 5.41) is 10.3. The molecule has 3 rings (SSSR count). The maximum absolute atomic E-state index is 10.3. The van der Waals surface area contributed by atoms with E-state index >= 15 is 0 Å². The number of aliphatic hydroxyl groups excluding tert-OH is 1. The molecule has 1 N–H and O–H groups in total. The van der Waals surface area contributed by atoms with Crippen molar-refractivity contribution in [2.75, 3.05) is 0 Å². The predicted molar refractivity (Wildman–Crippen MR) is 81.2 cm³/mol. The molecule has 1 atom stereocenters. The van der Waals surface area contributed by atoms with Crippen LogP contribution in [0.2, 0.25) is 0 Å². The highest BCUT2D eigenvalue weighted by Crippen LogP contribution is 2.40. The SMILES string of the molecule is OC(Cc1ccccc1Br)c1ccc(C2CC2)cc1. The second-order valence-corrected chi connectivity index (χ2v) is 6.11. The quantitative estimate of drug-likeness (QED) is 0.873. The lowest BCUT2D eigenvalue weighted by Crippen LogP contribution is -2.02. The molecule has 1 fully saturated rings. The van der Waals surface area contributed by atoms with Crippen molar-refractivity contribution in [3.63, 3.8) is 0 Å². The number of benzene rings is 2. The summed E-state index contributed by atoms with van der Waals surface area (Å²) in [6, 6.07) is 16.5. The molecule has 0 amide bonds. The summed E-state index contributed by atoms with van der Waals surface area (Å²) in [5.41, 5.74) is 3.55. The van der Waals surface area contributed by atoms with Crippen molar-refractivity contribution in [2.24, 2.45) is 0 Å². The highest BCUT2D eigenvalue weighted by molar-refractivity contribution is 9.10. The average Bonchev–Trinajstić information content (AvgIpc) is 3.26. The van der Waals surface area contributed by atoms with E-state index in [0.717, 1.165) is 21.5 Å². The number of halogens is 1. The van der Waals surface area contributed by atoms with Gasteiger partial charge in [-0.3, -0.25) is 0 Å². The Labute approximate surface area is 122 Å². The molecule has 0 heterocycles. The van der Waals surface area contributed by atoms with Crippen molar-refractivity contribution >= 4 is 15.9 Å². The first-order valence-electron chi connectivity index (χ1n) is 6.75. The zero-order chi connectivity index (χ0) is 13.2. The molecule has 0 aromatic heterocycles. The Morgan fingerprint density at radius 2 is 1.74 bits per heavy atom. The normalized spacial score (nSPS) is 16.3. The van der Waals surface area contributed by atoms with Crippen LogP contribution >= 0.6 is 15.9 Å². The number of aliphatic hydroxyl groups is 1. The smallest absolute Gasteiger partial charge is 0.0830 e. The zero-order valence-electron chi connectivity index (χ0n) is 10.7. The van der Waals surface area contributed by atoms with Gasteiger partial charge in [-0.15, -0.1) is 0 Å². The van der Waals surface area contributed by atoms with Gasteiger partial charge in [0.05, 0.1) is 6.10 Å². The summed E-state index contributed by atoms with van der Waals surface area (Å²) in [7, 11) is 0. The minimum absolute atomic E-state index is 0.438. The van der Waals surface area contributed by atoms with Gasteiger partial charge < -0.3 is 5.11 Å². The molecule has 1 aliphatic rings. The molecule has 0 radical (unpaired) electrons. The van der Waals surface area contributed by atoms with Gasteiger partial charge in [0.2, 0.25) is 0 Å². The van der Waals surface area contributed by atoms with Crippen LogP contribution in [-0.4, -0.2) is 5.11 Å². The van der Waals surface area contributed by atoms with E-state index in [1.165, 1.54) is 18.4 Å². The van der Waals surface area contributed by atoms with Crippen molar-refractivity contribution in [3.05, 3.63) is 69.7 Å². The first-order chi connectivity index (χ1) is 9.24. The minimum Gasteiger partial charge on any atom is -0.388 e. The predicted octanol–water partition coefficient (Wildman–Crippen LogP) is 4.60. The highest BCUT2D eigenvalue weighted by Gasteiger charge is 2.23. The summed E-state index contributed by atoms with van der Waals surface area (Å²) in [6.45, 7) is 0. The maximum Gasteiger partial charge on any atom is 0.0830 e. The minimum atomic E-state index is -0.438. The Morgan fingerprint density at radius 3 is 2.37 bits per heavy atom. The Balaban J connectivity index is 1.72. The van der Waals surface area contributed by atoms with E-state index in [-0.39, 0.29) is 0 Å². The van der Waals surface area contributed by atoms with Crippen molar-refractivity contribution in [2.45, 2.75) is 31.3 Å². The molecule has 1 aliphatic carbocycles. The molecule has 2 aromatic rings. The number of rotatable bonds is 4. The molecule has 0 spiro atoms. The fourth-order valence-corrected chi connectivity index (χ4v) is 2.84. The van der Waals surface area contributed by atoms with Crippen LogP contribution < -0.4 is 0 Å². The Morgan fingerprint density at radius 1 is 1.05 bits per heavy atom. The van der Waals surface area contributed by atoms with E-state index in [2.05, 4.69) is 40.2 Å². The fraction of sp³-hybridized carbons (Fsp3) is 0.294. The molecule has 98 valence electrons. The van der Waals surface area contributed by atoms with Crippen LogP contribution in [0.4, 0.5) is 0 Å². The highest BCUT2D eigenvalue weighted by atomic mass is 79.9. The molecule has 1 saturated carbocycles. The summed E-state index contributed by atoms with van der Waals surface area (Å²) < 4.78 is 1.06. The van der Waals surface area contributed by atoms with Crippen LogP contribution in [-0.2, 0) is 6.42 Å². The van der Waals surface area contributed by atoms with Crippen LogP contribution in [0, 0.1) is 0 Å². The Kier molecular flexibility index (Phi) is 3.72. The first-order valence-corrected chi connectivity index (χ1v) is 7.54. The fourth-order valence-electron chi connectivity index (χ4n) is 2.40. The van der Waals surface area contributed by atoms with Gasteiger partial charge in [0.15, 0.2) is 0 Å². The van der Waals surface area contributed by atoms with E-state index in [0.29, 0.717) is 6.42 Å². The lowest BCUT2D eigenvalue weighted by molar-refractivity contribution is 0.178. The number of hydrogen-bond donors (Lipinski definition) is 1. The van der Waals surface area contributed by atoms with E-state index in [1.807, 2.05) is 24.3 Å². The average molecular weight is 317 g/mol. The third kappa shape index (κ3) is 3.07. The molecule has 2 aromatic carbocycles.